The molecule has 0 saturated carbocycles. The summed E-state index contributed by atoms with van der Waals surface area (Å²) in [6, 6.07) is 2.20. The van der Waals surface area contributed by atoms with Crippen LogP contribution in [0.5, 0.6) is 5.88 Å². The second kappa shape index (κ2) is 5.35. The normalized spacial score (nSPS) is 11.9. The highest BCUT2D eigenvalue weighted by Gasteiger charge is 2.33. The molecule has 3 nitrogen and oxygen atoms in total. The van der Waals surface area contributed by atoms with E-state index in [1.54, 1.807) is 0 Å². The number of aromatic nitrogens is 1. The Balaban J connectivity index is 2.98. The first-order chi connectivity index (χ1) is 7.84. The Bertz CT molecular complexity index is 377. The van der Waals surface area contributed by atoms with Crippen LogP contribution in [0.1, 0.15) is 25.1 Å². The van der Waals surface area contributed by atoms with Gasteiger partial charge in [-0.15, -0.1) is 0 Å². The Kier molecular flexibility index (Phi) is 4.34. The van der Waals surface area contributed by atoms with E-state index >= 15 is 0 Å². The third-order valence-corrected chi connectivity index (χ3v) is 2.00. The zero-order valence-corrected chi connectivity index (χ0v) is 9.71. The van der Waals surface area contributed by atoms with Crippen LogP contribution in [0.2, 0.25) is 0 Å². The third kappa shape index (κ3) is 3.89. The number of hydrogen-bond donors (Lipinski definition) is 1. The smallest absolute Gasteiger partial charge is 0.433 e. The molecule has 0 aliphatic carbocycles. The zero-order valence-electron chi connectivity index (χ0n) is 9.71. The molecule has 6 heteroatoms. The number of alkyl halides is 3. The van der Waals surface area contributed by atoms with Gasteiger partial charge in [0.2, 0.25) is 5.88 Å². The van der Waals surface area contributed by atoms with E-state index in [1.165, 1.54) is 6.07 Å². The minimum Gasteiger partial charge on any atom is -0.477 e. The molecule has 1 rings (SSSR count). The summed E-state index contributed by atoms with van der Waals surface area (Å²) >= 11 is 0. The van der Waals surface area contributed by atoms with Gasteiger partial charge in [-0.05, 0) is 12.0 Å². The van der Waals surface area contributed by atoms with E-state index in [0.29, 0.717) is 12.2 Å². The van der Waals surface area contributed by atoms with Crippen molar-refractivity contribution in [2.45, 2.75) is 26.6 Å². The van der Waals surface area contributed by atoms with Gasteiger partial charge in [0.1, 0.15) is 5.69 Å². The quantitative estimate of drug-likeness (QED) is 0.890. The van der Waals surface area contributed by atoms with Crippen molar-refractivity contribution in [2.75, 3.05) is 6.61 Å². The van der Waals surface area contributed by atoms with Crippen molar-refractivity contribution in [1.29, 1.82) is 0 Å². The number of halogens is 3. The van der Waals surface area contributed by atoms with Crippen LogP contribution >= 0.6 is 0 Å². The average molecular weight is 248 g/mol. The zero-order chi connectivity index (χ0) is 13.1. The third-order valence-electron chi connectivity index (χ3n) is 2.00. The summed E-state index contributed by atoms with van der Waals surface area (Å²) in [5, 5.41) is 0. The maximum absolute atomic E-state index is 12.5. The number of rotatable bonds is 4. The number of hydrogen-bond acceptors (Lipinski definition) is 3. The first-order valence-electron chi connectivity index (χ1n) is 5.24. The maximum Gasteiger partial charge on any atom is 0.433 e. The molecule has 1 aromatic heterocycles. The Hall–Kier alpha value is -1.30. The van der Waals surface area contributed by atoms with Crippen molar-refractivity contribution >= 4 is 0 Å². The van der Waals surface area contributed by atoms with Gasteiger partial charge in [0, 0.05) is 12.1 Å². The Morgan fingerprint density at radius 2 is 2.00 bits per heavy atom. The average Bonchev–Trinajstić information content (AvgIpc) is 2.24. The first-order valence-corrected chi connectivity index (χ1v) is 5.24. The minimum atomic E-state index is -4.47. The second-order valence-corrected chi connectivity index (χ2v) is 4.07. The number of ether oxygens (including phenoxy) is 1. The topological polar surface area (TPSA) is 48.1 Å². The van der Waals surface area contributed by atoms with Gasteiger partial charge in [-0.25, -0.2) is 4.98 Å². The van der Waals surface area contributed by atoms with E-state index in [2.05, 4.69) is 4.98 Å². The lowest BCUT2D eigenvalue weighted by atomic mass is 10.2. The fourth-order valence-electron chi connectivity index (χ4n) is 1.15. The molecule has 96 valence electrons. The lowest BCUT2D eigenvalue weighted by Crippen LogP contribution is -2.14. The van der Waals surface area contributed by atoms with Gasteiger partial charge in [0.05, 0.1) is 6.61 Å². The van der Waals surface area contributed by atoms with Gasteiger partial charge in [-0.1, -0.05) is 19.9 Å². The van der Waals surface area contributed by atoms with Gasteiger partial charge >= 0.3 is 6.18 Å². The predicted molar refractivity (Wildman–Crippen MR) is 57.5 cm³/mol. The van der Waals surface area contributed by atoms with E-state index in [9.17, 15) is 13.2 Å². The molecule has 1 heterocycles. The van der Waals surface area contributed by atoms with Gasteiger partial charge in [-0.2, -0.15) is 13.2 Å². The highest BCUT2D eigenvalue weighted by Crippen LogP contribution is 2.30. The number of nitrogens with zero attached hydrogens (tertiary/aromatic N) is 1. The molecule has 0 radical (unpaired) electrons. The van der Waals surface area contributed by atoms with Crippen LogP contribution in [0.4, 0.5) is 13.2 Å². The van der Waals surface area contributed by atoms with E-state index in [4.69, 9.17) is 10.5 Å². The largest absolute Gasteiger partial charge is 0.477 e. The Labute approximate surface area is 97.8 Å². The molecular formula is C11H15F3N2O. The van der Waals surface area contributed by atoms with E-state index in [0.717, 1.165) is 6.07 Å². The molecule has 0 saturated heterocycles. The molecule has 17 heavy (non-hydrogen) atoms. The van der Waals surface area contributed by atoms with Crippen molar-refractivity contribution < 1.29 is 17.9 Å². The van der Waals surface area contributed by atoms with Crippen LogP contribution in [0.3, 0.4) is 0 Å². The lowest BCUT2D eigenvalue weighted by Gasteiger charge is -2.13. The lowest BCUT2D eigenvalue weighted by molar-refractivity contribution is -0.141. The van der Waals surface area contributed by atoms with Crippen LogP contribution in [0, 0.1) is 5.92 Å². The molecule has 0 amide bonds. The van der Waals surface area contributed by atoms with E-state index in [1.807, 2.05) is 13.8 Å². The second-order valence-electron chi connectivity index (χ2n) is 4.07. The molecule has 0 spiro atoms. The predicted octanol–water partition coefficient (Wildman–Crippen LogP) is 2.59. The Morgan fingerprint density at radius 3 is 2.47 bits per heavy atom. The molecule has 0 atom stereocenters. The van der Waals surface area contributed by atoms with Crippen LogP contribution in [0.15, 0.2) is 12.1 Å². The molecule has 2 N–H and O–H groups in total. The van der Waals surface area contributed by atoms with Crippen molar-refractivity contribution in [3.63, 3.8) is 0 Å². The SMILES string of the molecule is CC(C)COc1nc(C(F)(F)F)ccc1CN. The highest BCUT2D eigenvalue weighted by atomic mass is 19.4. The van der Waals surface area contributed by atoms with Crippen molar-refractivity contribution in [3.8, 4) is 5.88 Å². The molecule has 0 aromatic carbocycles. The van der Waals surface area contributed by atoms with Gasteiger partial charge < -0.3 is 10.5 Å². The highest BCUT2D eigenvalue weighted by molar-refractivity contribution is 5.29. The van der Waals surface area contributed by atoms with Crippen LogP contribution < -0.4 is 10.5 Å². The van der Waals surface area contributed by atoms with E-state index < -0.39 is 11.9 Å². The molecule has 0 fully saturated rings. The van der Waals surface area contributed by atoms with E-state index in [-0.39, 0.29) is 18.3 Å². The van der Waals surface area contributed by atoms with Crippen LogP contribution in [0.25, 0.3) is 0 Å². The summed E-state index contributed by atoms with van der Waals surface area (Å²) in [6.45, 7) is 4.20. The molecule has 0 bridgehead atoms. The molecule has 0 aliphatic heterocycles. The molecule has 1 aromatic rings. The van der Waals surface area contributed by atoms with Gasteiger partial charge in [0.15, 0.2) is 0 Å². The first kappa shape index (κ1) is 13.8. The minimum absolute atomic E-state index is 0.0315. The fourth-order valence-corrected chi connectivity index (χ4v) is 1.15. The van der Waals surface area contributed by atoms with Crippen molar-refractivity contribution in [3.05, 3.63) is 23.4 Å². The fraction of sp³-hybridized carbons (Fsp3) is 0.545. The van der Waals surface area contributed by atoms with Crippen LogP contribution in [-0.4, -0.2) is 11.6 Å². The van der Waals surface area contributed by atoms with Crippen LogP contribution in [-0.2, 0) is 12.7 Å². The summed E-state index contributed by atoms with van der Waals surface area (Å²) < 4.78 is 42.6. The number of pyridine rings is 1. The standard InChI is InChI=1S/C11H15F3N2O/c1-7(2)6-17-10-8(5-15)3-4-9(16-10)11(12,13)14/h3-4,7H,5-6,15H2,1-2H3. The summed E-state index contributed by atoms with van der Waals surface area (Å²) in [7, 11) is 0. The molecule has 0 unspecified atom stereocenters. The maximum atomic E-state index is 12.5. The molecular weight excluding hydrogens is 233 g/mol. The summed E-state index contributed by atoms with van der Waals surface area (Å²) in [5.41, 5.74) is 4.92. The van der Waals surface area contributed by atoms with Gasteiger partial charge in [0.25, 0.3) is 0 Å². The summed E-state index contributed by atoms with van der Waals surface area (Å²) in [5.74, 6) is 0.174. The van der Waals surface area contributed by atoms with Crippen molar-refractivity contribution in [2.24, 2.45) is 11.7 Å². The summed E-state index contributed by atoms with van der Waals surface area (Å²) in [6.07, 6.45) is -4.47. The number of nitrogens with two attached hydrogens (primary N) is 1. The monoisotopic (exact) mass is 248 g/mol. The van der Waals surface area contributed by atoms with Gasteiger partial charge in [-0.3, -0.25) is 0 Å². The summed E-state index contributed by atoms with van der Waals surface area (Å²) in [4.78, 5) is 3.46. The van der Waals surface area contributed by atoms with Crippen molar-refractivity contribution in [1.82, 2.24) is 4.98 Å². The Morgan fingerprint density at radius 1 is 1.35 bits per heavy atom. The molecule has 0 aliphatic rings.